The summed E-state index contributed by atoms with van der Waals surface area (Å²) < 4.78 is 27.9. The van der Waals surface area contributed by atoms with Crippen molar-refractivity contribution >= 4 is 27.0 Å². The van der Waals surface area contributed by atoms with Crippen molar-refractivity contribution in [3.63, 3.8) is 0 Å². The lowest BCUT2D eigenvalue weighted by molar-refractivity contribution is 0.603. The summed E-state index contributed by atoms with van der Waals surface area (Å²) in [4.78, 5) is 0.832. The van der Waals surface area contributed by atoms with Gasteiger partial charge in [-0.1, -0.05) is 17.7 Å². The Morgan fingerprint density at radius 3 is 2.64 bits per heavy atom. The molecule has 2 N–H and O–H groups in total. The maximum absolute atomic E-state index is 12.5. The van der Waals surface area contributed by atoms with Crippen LogP contribution in [0, 0.1) is 13.8 Å². The summed E-state index contributed by atoms with van der Waals surface area (Å²) in [6.07, 6.45) is 1.64. The second-order valence-corrected chi connectivity index (χ2v) is 8.01. The summed E-state index contributed by atoms with van der Waals surface area (Å²) in [5.41, 5.74) is 3.40. The van der Waals surface area contributed by atoms with Gasteiger partial charge in [0.05, 0.1) is 16.3 Å². The van der Waals surface area contributed by atoms with E-state index in [9.17, 15) is 8.42 Å². The Morgan fingerprint density at radius 2 is 1.95 bits per heavy atom. The second-order valence-electron chi connectivity index (χ2n) is 5.01. The van der Waals surface area contributed by atoms with Gasteiger partial charge in [0, 0.05) is 6.20 Å². The summed E-state index contributed by atoms with van der Waals surface area (Å²) in [5.74, 6) is 0. The summed E-state index contributed by atoms with van der Waals surface area (Å²) in [7, 11) is -3.58. The zero-order valence-corrected chi connectivity index (χ0v) is 13.8. The Kier molecular flexibility index (Phi) is 3.76. The van der Waals surface area contributed by atoms with Crippen LogP contribution in [-0.2, 0) is 10.0 Å². The summed E-state index contributed by atoms with van der Waals surface area (Å²) in [6, 6.07) is 10.8. The van der Waals surface area contributed by atoms with Gasteiger partial charge in [-0.2, -0.15) is 5.10 Å². The van der Waals surface area contributed by atoms with E-state index in [0.29, 0.717) is 5.69 Å². The van der Waals surface area contributed by atoms with E-state index in [2.05, 4.69) is 14.9 Å². The molecule has 0 bridgehead atoms. The van der Waals surface area contributed by atoms with E-state index in [-0.39, 0.29) is 4.21 Å². The quantitative estimate of drug-likeness (QED) is 0.766. The van der Waals surface area contributed by atoms with Gasteiger partial charge >= 0.3 is 0 Å². The van der Waals surface area contributed by atoms with Crippen LogP contribution in [0.4, 0.5) is 5.69 Å². The molecule has 0 atom stereocenters. The maximum Gasteiger partial charge on any atom is 0.271 e. The molecule has 1 aromatic carbocycles. The van der Waals surface area contributed by atoms with Gasteiger partial charge in [-0.05, 0) is 43.7 Å². The lowest BCUT2D eigenvalue weighted by atomic mass is 10.1. The third-order valence-corrected chi connectivity index (χ3v) is 6.21. The number of nitrogens with zero attached hydrogens (tertiary/aromatic N) is 1. The molecule has 3 aromatic rings. The molecular weight excluding hydrogens is 318 g/mol. The lowest BCUT2D eigenvalue weighted by Gasteiger charge is -2.09. The number of aromatic amines is 1. The fourth-order valence-corrected chi connectivity index (χ4v) is 4.54. The highest BCUT2D eigenvalue weighted by molar-refractivity contribution is 7.94. The molecule has 114 valence electrons. The smallest absolute Gasteiger partial charge is 0.271 e. The van der Waals surface area contributed by atoms with Gasteiger partial charge in [-0.15, -0.1) is 11.3 Å². The Bertz CT molecular complexity index is 897. The van der Waals surface area contributed by atoms with Crippen LogP contribution >= 0.6 is 11.3 Å². The predicted octanol–water partition coefficient (Wildman–Crippen LogP) is 3.56. The first-order valence-electron chi connectivity index (χ1n) is 6.65. The first kappa shape index (κ1) is 14.8. The van der Waals surface area contributed by atoms with Crippen molar-refractivity contribution < 1.29 is 8.42 Å². The van der Waals surface area contributed by atoms with E-state index in [1.165, 1.54) is 11.3 Å². The molecule has 0 radical (unpaired) electrons. The van der Waals surface area contributed by atoms with Crippen LogP contribution < -0.4 is 4.72 Å². The molecule has 0 amide bonds. The van der Waals surface area contributed by atoms with E-state index < -0.39 is 10.0 Å². The number of nitrogens with one attached hydrogen (secondary N) is 2. The van der Waals surface area contributed by atoms with Gasteiger partial charge < -0.3 is 0 Å². The molecule has 22 heavy (non-hydrogen) atoms. The van der Waals surface area contributed by atoms with Gasteiger partial charge in [-0.3, -0.25) is 9.82 Å². The van der Waals surface area contributed by atoms with Gasteiger partial charge in [0.2, 0.25) is 0 Å². The van der Waals surface area contributed by atoms with Crippen molar-refractivity contribution in [1.29, 1.82) is 0 Å². The molecule has 0 spiro atoms. The zero-order chi connectivity index (χ0) is 15.7. The van der Waals surface area contributed by atoms with Gasteiger partial charge in [0.1, 0.15) is 4.21 Å². The molecule has 0 aliphatic carbocycles. The first-order valence-corrected chi connectivity index (χ1v) is 8.95. The van der Waals surface area contributed by atoms with Gasteiger partial charge in [0.25, 0.3) is 10.0 Å². The van der Waals surface area contributed by atoms with Crippen LogP contribution in [0.25, 0.3) is 10.6 Å². The number of H-pyrrole nitrogens is 1. The highest BCUT2D eigenvalue weighted by Gasteiger charge is 2.18. The van der Waals surface area contributed by atoms with E-state index in [1.54, 1.807) is 30.5 Å². The monoisotopic (exact) mass is 333 g/mol. The number of anilines is 1. The summed E-state index contributed by atoms with van der Waals surface area (Å²) in [6.45, 7) is 3.86. The molecule has 2 heterocycles. The van der Waals surface area contributed by atoms with Crippen LogP contribution in [0.3, 0.4) is 0 Å². The van der Waals surface area contributed by atoms with Crippen molar-refractivity contribution in [2.45, 2.75) is 18.1 Å². The molecule has 0 fully saturated rings. The molecule has 2 aromatic heterocycles. The molecule has 5 nitrogen and oxygen atoms in total. The van der Waals surface area contributed by atoms with E-state index in [4.69, 9.17) is 0 Å². The van der Waals surface area contributed by atoms with Crippen molar-refractivity contribution in [1.82, 2.24) is 10.2 Å². The molecule has 3 rings (SSSR count). The van der Waals surface area contributed by atoms with Crippen molar-refractivity contribution in [3.8, 4) is 10.6 Å². The Hall–Kier alpha value is -2.12. The zero-order valence-electron chi connectivity index (χ0n) is 12.1. The summed E-state index contributed by atoms with van der Waals surface area (Å²) >= 11 is 1.20. The van der Waals surface area contributed by atoms with Crippen molar-refractivity contribution in [3.05, 3.63) is 53.7 Å². The second kappa shape index (κ2) is 5.58. The van der Waals surface area contributed by atoms with Crippen molar-refractivity contribution in [2.24, 2.45) is 0 Å². The fraction of sp³-hybridized carbons (Fsp3) is 0.133. The van der Waals surface area contributed by atoms with Crippen molar-refractivity contribution in [2.75, 3.05) is 4.72 Å². The van der Waals surface area contributed by atoms with E-state index >= 15 is 0 Å². The molecular formula is C15H15N3O2S2. The van der Waals surface area contributed by atoms with Crippen LogP contribution in [-0.4, -0.2) is 18.6 Å². The van der Waals surface area contributed by atoms with Crippen LogP contribution in [0.1, 0.15) is 11.1 Å². The number of rotatable bonds is 4. The fourth-order valence-electron chi connectivity index (χ4n) is 2.13. The minimum absolute atomic E-state index is 0.275. The largest absolute Gasteiger partial charge is 0.279 e. The third kappa shape index (κ3) is 2.90. The number of sulfonamides is 1. The van der Waals surface area contributed by atoms with E-state index in [1.807, 2.05) is 26.0 Å². The normalized spacial score (nSPS) is 11.5. The van der Waals surface area contributed by atoms with E-state index in [0.717, 1.165) is 21.7 Å². The molecule has 0 unspecified atom stereocenters. The highest BCUT2D eigenvalue weighted by atomic mass is 32.2. The minimum Gasteiger partial charge on any atom is -0.279 e. The maximum atomic E-state index is 12.5. The van der Waals surface area contributed by atoms with Gasteiger partial charge in [-0.25, -0.2) is 8.42 Å². The molecule has 0 saturated carbocycles. The Morgan fingerprint density at radius 1 is 1.14 bits per heavy atom. The number of hydrogen-bond donors (Lipinski definition) is 2. The highest BCUT2D eigenvalue weighted by Crippen LogP contribution is 2.30. The predicted molar refractivity (Wildman–Crippen MR) is 88.6 cm³/mol. The number of aromatic nitrogens is 2. The van der Waals surface area contributed by atoms with Crippen LogP contribution in [0.2, 0.25) is 0 Å². The number of hydrogen-bond acceptors (Lipinski definition) is 4. The molecule has 7 heteroatoms. The minimum atomic E-state index is -3.58. The number of thiophene rings is 1. The van der Waals surface area contributed by atoms with Crippen LogP contribution in [0.15, 0.2) is 46.8 Å². The van der Waals surface area contributed by atoms with Gasteiger partial charge in [0.15, 0.2) is 0 Å². The van der Waals surface area contributed by atoms with Crippen LogP contribution in [0.5, 0.6) is 0 Å². The first-order chi connectivity index (χ1) is 10.5. The molecule has 0 saturated heterocycles. The Balaban J connectivity index is 1.90. The lowest BCUT2D eigenvalue weighted by Crippen LogP contribution is -2.12. The summed E-state index contributed by atoms with van der Waals surface area (Å²) in [5, 5.41) is 6.70. The standard InChI is InChI=1S/C15H15N3O2S2/c1-10-3-4-12(11(2)9-10)18-22(19,20)15-6-5-14(21-15)13-7-8-16-17-13/h3-9,18H,1-2H3,(H,16,17). The topological polar surface area (TPSA) is 74.8 Å². The SMILES string of the molecule is Cc1ccc(NS(=O)(=O)c2ccc(-c3ccn[nH]3)s2)c(C)c1. The molecule has 0 aliphatic rings. The Labute approximate surface area is 133 Å². The third-order valence-electron chi connectivity index (χ3n) is 3.24. The number of benzene rings is 1. The number of aryl methyl sites for hydroxylation is 2. The molecule has 0 aliphatic heterocycles. The average molecular weight is 333 g/mol. The average Bonchev–Trinajstić information content (AvgIpc) is 3.11.